The van der Waals surface area contributed by atoms with Crippen molar-refractivity contribution >= 4 is 11.9 Å². The van der Waals surface area contributed by atoms with Gasteiger partial charge in [-0.2, -0.15) is 0 Å². The molecule has 35 heavy (non-hydrogen) atoms. The number of carbonyl (C=O) groups is 2. The van der Waals surface area contributed by atoms with Crippen LogP contribution in [0.4, 0.5) is 0 Å². The molecule has 0 radical (unpaired) electrons. The Morgan fingerprint density at radius 3 is 2.51 bits per heavy atom. The molecule has 0 spiro atoms. The second kappa shape index (κ2) is 14.2. The first-order valence-electron chi connectivity index (χ1n) is 12.2. The van der Waals surface area contributed by atoms with Crippen LogP contribution in [0.1, 0.15) is 66.4 Å². The molecular weight excluding hydrogens is 431 g/mol. The Morgan fingerprint density at radius 1 is 1.14 bits per heavy atom. The summed E-state index contributed by atoms with van der Waals surface area (Å²) in [5.74, 6) is 1.26. The molecule has 1 unspecified atom stereocenters. The van der Waals surface area contributed by atoms with Gasteiger partial charge in [-0.15, -0.1) is 12.3 Å². The fraction of sp³-hybridized carbons (Fsp3) is 0.448. The topological polar surface area (TPSA) is 72.5 Å². The molecule has 0 aromatic heterocycles. The van der Waals surface area contributed by atoms with Gasteiger partial charge in [-0.25, -0.2) is 0 Å². The minimum Gasteiger partial charge on any atom is -0.548 e. The number of hydrogen-bond donors (Lipinski definition) is 1. The van der Waals surface area contributed by atoms with E-state index in [9.17, 15) is 14.7 Å². The molecule has 1 amide bonds. The number of benzene rings is 2. The van der Waals surface area contributed by atoms with Gasteiger partial charge in [0.2, 0.25) is 0 Å². The van der Waals surface area contributed by atoms with Gasteiger partial charge in [0.1, 0.15) is 0 Å². The zero-order valence-electron chi connectivity index (χ0n) is 21.3. The van der Waals surface area contributed by atoms with Gasteiger partial charge in [-0.1, -0.05) is 62.4 Å². The second-order valence-corrected chi connectivity index (χ2v) is 9.48. The number of terminal acetylenes is 1. The van der Waals surface area contributed by atoms with Crippen LogP contribution in [-0.4, -0.2) is 36.4 Å². The number of carboxylic acids is 1. The molecule has 1 fully saturated rings. The zero-order chi connectivity index (χ0) is 24.5. The molecule has 0 aliphatic heterocycles. The minimum atomic E-state index is -1.39. The smallest absolute Gasteiger partial charge is 0.548 e. The molecular formula is C29H35LiN2O3. The summed E-state index contributed by atoms with van der Waals surface area (Å²) in [5, 5.41) is 13.9. The minimum absolute atomic E-state index is 0. The summed E-state index contributed by atoms with van der Waals surface area (Å²) in [7, 11) is 2.14. The number of carboxylic acid groups (broad SMARTS) is 1. The number of nitrogens with zero attached hydrogens (tertiary/aromatic N) is 1. The maximum Gasteiger partial charge on any atom is 1.00 e. The summed E-state index contributed by atoms with van der Waals surface area (Å²) in [4.78, 5) is 26.8. The monoisotopic (exact) mass is 466 g/mol. The summed E-state index contributed by atoms with van der Waals surface area (Å²) < 4.78 is 0. The van der Waals surface area contributed by atoms with E-state index in [1.807, 2.05) is 43.3 Å². The van der Waals surface area contributed by atoms with E-state index in [0.717, 1.165) is 41.3 Å². The van der Waals surface area contributed by atoms with Crippen molar-refractivity contribution in [3.05, 3.63) is 59.2 Å². The molecule has 5 nitrogen and oxygen atoms in total. The van der Waals surface area contributed by atoms with Crippen molar-refractivity contribution in [2.45, 2.75) is 64.5 Å². The van der Waals surface area contributed by atoms with Crippen LogP contribution in [0.25, 0.3) is 11.1 Å². The van der Waals surface area contributed by atoms with E-state index in [1.54, 1.807) is 6.07 Å². The molecule has 180 valence electrons. The SMILES string of the molecule is C#CCC(NC(=O)c1ccc(CN(C)CCC2CCCCC2)cc1-c1ccccc1C)C(=O)[O-].[Li+]. The zero-order valence-corrected chi connectivity index (χ0v) is 21.3. The average molecular weight is 467 g/mol. The van der Waals surface area contributed by atoms with Gasteiger partial charge in [0.05, 0.1) is 12.0 Å². The standard InChI is InChI=1S/C29H36N2O3.Li/c1-4-10-27(29(33)34)30-28(32)25-16-15-23(19-26(25)24-14-9-8-11-21(24)2)20-31(3)18-17-22-12-6-5-7-13-22;/h1,8-9,11,14-16,19,22,27H,5-7,10,12-13,17-18,20H2,2-3H3,(H,30,32)(H,33,34);/q;+1/p-1. The molecule has 1 aliphatic carbocycles. The van der Waals surface area contributed by atoms with Crippen molar-refractivity contribution in [1.82, 2.24) is 10.2 Å². The third-order valence-corrected chi connectivity index (χ3v) is 6.77. The average Bonchev–Trinajstić information content (AvgIpc) is 2.83. The van der Waals surface area contributed by atoms with E-state index in [-0.39, 0.29) is 25.3 Å². The number of nitrogens with one attached hydrogen (secondary N) is 1. The number of aryl methyl sites for hydroxylation is 1. The first-order chi connectivity index (χ1) is 16.4. The molecule has 3 rings (SSSR count). The molecule has 0 saturated heterocycles. The first-order valence-corrected chi connectivity index (χ1v) is 12.2. The van der Waals surface area contributed by atoms with Crippen molar-refractivity contribution in [1.29, 1.82) is 0 Å². The summed E-state index contributed by atoms with van der Waals surface area (Å²) in [6.45, 7) is 3.83. The molecule has 1 N–H and O–H groups in total. The quantitative estimate of drug-likeness (QED) is 0.418. The number of carbonyl (C=O) groups excluding carboxylic acids is 2. The van der Waals surface area contributed by atoms with Crippen LogP contribution in [0.3, 0.4) is 0 Å². The fourth-order valence-corrected chi connectivity index (χ4v) is 4.80. The van der Waals surface area contributed by atoms with E-state index in [0.29, 0.717) is 5.56 Å². The third kappa shape index (κ3) is 8.29. The van der Waals surface area contributed by atoms with Gasteiger partial charge >= 0.3 is 18.9 Å². The second-order valence-electron chi connectivity index (χ2n) is 9.48. The van der Waals surface area contributed by atoms with Crippen molar-refractivity contribution in [3.63, 3.8) is 0 Å². The predicted molar refractivity (Wildman–Crippen MR) is 134 cm³/mol. The van der Waals surface area contributed by atoms with Crippen LogP contribution in [0, 0.1) is 25.2 Å². The molecule has 1 aliphatic rings. The van der Waals surface area contributed by atoms with Crippen molar-refractivity contribution in [3.8, 4) is 23.5 Å². The van der Waals surface area contributed by atoms with Crippen LogP contribution in [0.15, 0.2) is 42.5 Å². The van der Waals surface area contributed by atoms with Crippen LogP contribution in [0.5, 0.6) is 0 Å². The van der Waals surface area contributed by atoms with Crippen LogP contribution < -0.4 is 29.3 Å². The Kier molecular flexibility index (Phi) is 11.6. The largest absolute Gasteiger partial charge is 1.00 e. The van der Waals surface area contributed by atoms with Crippen molar-refractivity contribution in [2.24, 2.45) is 5.92 Å². The Bertz CT molecular complexity index is 1040. The Hall–Kier alpha value is -2.50. The summed E-state index contributed by atoms with van der Waals surface area (Å²) in [6.07, 6.45) is 13.2. The third-order valence-electron chi connectivity index (χ3n) is 6.77. The summed E-state index contributed by atoms with van der Waals surface area (Å²) >= 11 is 0. The molecule has 1 atom stereocenters. The van der Waals surface area contributed by atoms with E-state index < -0.39 is 17.9 Å². The normalized spacial score (nSPS) is 14.6. The number of hydrogen-bond acceptors (Lipinski definition) is 4. The molecule has 1 saturated carbocycles. The van der Waals surface area contributed by atoms with E-state index >= 15 is 0 Å². The van der Waals surface area contributed by atoms with Crippen LogP contribution in [0.2, 0.25) is 0 Å². The maximum atomic E-state index is 13.1. The molecule has 6 heteroatoms. The fourth-order valence-electron chi connectivity index (χ4n) is 4.80. The number of amides is 1. The van der Waals surface area contributed by atoms with E-state index in [1.165, 1.54) is 38.5 Å². The van der Waals surface area contributed by atoms with Gasteiger partial charge < -0.3 is 20.1 Å². The van der Waals surface area contributed by atoms with Crippen molar-refractivity contribution < 1.29 is 33.6 Å². The Labute approximate surface area is 221 Å². The molecule has 0 heterocycles. The van der Waals surface area contributed by atoms with Crippen molar-refractivity contribution in [2.75, 3.05) is 13.6 Å². The summed E-state index contributed by atoms with van der Waals surface area (Å²) in [6, 6.07) is 12.4. The molecule has 0 bridgehead atoms. The number of rotatable bonds is 10. The van der Waals surface area contributed by atoms with Gasteiger partial charge in [-0.3, -0.25) is 4.79 Å². The van der Waals surface area contributed by atoms with Gasteiger partial charge in [0.25, 0.3) is 5.91 Å². The van der Waals surface area contributed by atoms with E-state index in [2.05, 4.69) is 23.2 Å². The van der Waals surface area contributed by atoms with Gasteiger partial charge in [-0.05, 0) is 67.2 Å². The van der Waals surface area contributed by atoms with Gasteiger partial charge in [0, 0.05) is 18.5 Å². The molecule has 2 aromatic rings. The van der Waals surface area contributed by atoms with Crippen LogP contribution in [-0.2, 0) is 11.3 Å². The first kappa shape index (κ1) is 28.7. The predicted octanol–water partition coefficient (Wildman–Crippen LogP) is 0.940. The number of aliphatic carboxylic acids is 1. The van der Waals surface area contributed by atoms with Gasteiger partial charge in [0.15, 0.2) is 0 Å². The van der Waals surface area contributed by atoms with Crippen LogP contribution >= 0.6 is 0 Å². The Balaban J connectivity index is 0.00000432. The Morgan fingerprint density at radius 2 is 1.86 bits per heavy atom. The summed E-state index contributed by atoms with van der Waals surface area (Å²) in [5.41, 5.74) is 4.31. The maximum absolute atomic E-state index is 13.1. The van der Waals surface area contributed by atoms with E-state index in [4.69, 9.17) is 6.42 Å². The molecule has 2 aromatic carbocycles.